The molecule has 1 aliphatic heterocycles. The average molecular weight is 207 g/mol. The molecule has 0 unspecified atom stereocenters. The lowest BCUT2D eigenvalue weighted by molar-refractivity contribution is 0.120. The molecule has 1 nitrogen and oxygen atoms in total. The highest BCUT2D eigenvalue weighted by Crippen LogP contribution is 2.25. The van der Waals surface area contributed by atoms with E-state index in [1.807, 2.05) is 6.07 Å². The van der Waals surface area contributed by atoms with Crippen LogP contribution in [0.15, 0.2) is 18.2 Å². The fourth-order valence-electron chi connectivity index (χ4n) is 2.10. The van der Waals surface area contributed by atoms with E-state index in [1.54, 1.807) is 12.1 Å². The van der Waals surface area contributed by atoms with E-state index < -0.39 is 0 Å². The van der Waals surface area contributed by atoms with Gasteiger partial charge in [0.15, 0.2) is 0 Å². The second-order valence-corrected chi connectivity index (χ2v) is 5.26. The van der Waals surface area contributed by atoms with Crippen molar-refractivity contribution in [3.8, 4) is 0 Å². The molecule has 0 N–H and O–H groups in total. The summed E-state index contributed by atoms with van der Waals surface area (Å²) in [5.41, 5.74) is 2.62. The second-order valence-electron chi connectivity index (χ2n) is 5.26. The van der Waals surface area contributed by atoms with Crippen LogP contribution < -0.4 is 0 Å². The number of fused-ring (bicyclic) bond motifs is 1. The van der Waals surface area contributed by atoms with Crippen LogP contribution in [0.5, 0.6) is 0 Å². The number of benzene rings is 1. The van der Waals surface area contributed by atoms with E-state index >= 15 is 0 Å². The van der Waals surface area contributed by atoms with Gasteiger partial charge in [-0.15, -0.1) is 0 Å². The second kappa shape index (κ2) is 3.60. The normalized spacial score (nSPS) is 17.6. The number of rotatable bonds is 0. The Kier molecular flexibility index (Phi) is 2.55. The first-order valence-corrected chi connectivity index (χ1v) is 5.49. The zero-order valence-corrected chi connectivity index (χ0v) is 9.68. The number of hydrogen-bond donors (Lipinski definition) is 0. The van der Waals surface area contributed by atoms with Gasteiger partial charge < -0.3 is 0 Å². The first-order chi connectivity index (χ1) is 6.97. The minimum absolute atomic E-state index is 0.121. The van der Waals surface area contributed by atoms with E-state index in [0.29, 0.717) is 0 Å². The van der Waals surface area contributed by atoms with Gasteiger partial charge in [-0.3, -0.25) is 4.90 Å². The van der Waals surface area contributed by atoms with Crippen molar-refractivity contribution in [2.45, 2.75) is 39.3 Å². The molecule has 1 aromatic rings. The molecule has 82 valence electrons. The van der Waals surface area contributed by atoms with Gasteiger partial charge in [0, 0.05) is 18.6 Å². The van der Waals surface area contributed by atoms with Crippen LogP contribution >= 0.6 is 0 Å². The monoisotopic (exact) mass is 207 g/mol. The summed E-state index contributed by atoms with van der Waals surface area (Å²) >= 11 is 0. The lowest BCUT2D eigenvalue weighted by atomic mass is 9.95. The summed E-state index contributed by atoms with van der Waals surface area (Å²) in [6.45, 7) is 8.56. The topological polar surface area (TPSA) is 3.24 Å². The summed E-state index contributed by atoms with van der Waals surface area (Å²) in [5, 5.41) is 0. The van der Waals surface area contributed by atoms with Gasteiger partial charge in [-0.1, -0.05) is 6.07 Å². The molecule has 0 atom stereocenters. The lowest BCUT2D eigenvalue weighted by Gasteiger charge is -2.39. The highest BCUT2D eigenvalue weighted by Gasteiger charge is 2.25. The van der Waals surface area contributed by atoms with Crippen molar-refractivity contribution in [3.63, 3.8) is 0 Å². The molecule has 0 radical (unpaired) electrons. The first kappa shape index (κ1) is 10.6. The zero-order valence-electron chi connectivity index (χ0n) is 9.68. The molecule has 0 bridgehead atoms. The third kappa shape index (κ3) is 2.20. The molecule has 2 rings (SSSR count). The van der Waals surface area contributed by atoms with Crippen LogP contribution in [0.2, 0.25) is 0 Å². The fraction of sp³-hybridized carbons (Fsp3) is 0.538. The highest BCUT2D eigenvalue weighted by atomic mass is 19.1. The Morgan fingerprint density at radius 1 is 1.20 bits per heavy atom. The van der Waals surface area contributed by atoms with Gasteiger partial charge in [0.25, 0.3) is 0 Å². The maximum Gasteiger partial charge on any atom is 0.123 e. The Morgan fingerprint density at radius 3 is 2.60 bits per heavy atom. The van der Waals surface area contributed by atoms with Crippen molar-refractivity contribution < 1.29 is 4.39 Å². The van der Waals surface area contributed by atoms with Crippen LogP contribution in [0.4, 0.5) is 4.39 Å². The minimum Gasteiger partial charge on any atom is -0.294 e. The molecule has 0 saturated heterocycles. The molecule has 1 heterocycles. The van der Waals surface area contributed by atoms with E-state index in [-0.39, 0.29) is 11.4 Å². The van der Waals surface area contributed by atoms with E-state index in [2.05, 4.69) is 25.7 Å². The Bertz CT molecular complexity index is 365. The van der Waals surface area contributed by atoms with Gasteiger partial charge in [0.05, 0.1) is 0 Å². The highest BCUT2D eigenvalue weighted by molar-refractivity contribution is 5.30. The summed E-state index contributed by atoms with van der Waals surface area (Å²) in [6, 6.07) is 5.16. The van der Waals surface area contributed by atoms with Gasteiger partial charge in [0.1, 0.15) is 5.82 Å². The Morgan fingerprint density at radius 2 is 1.93 bits per heavy atom. The van der Waals surface area contributed by atoms with Crippen molar-refractivity contribution in [1.82, 2.24) is 4.90 Å². The van der Waals surface area contributed by atoms with Crippen LogP contribution in [0, 0.1) is 5.82 Å². The molecule has 0 fully saturated rings. The minimum atomic E-state index is -0.121. The van der Waals surface area contributed by atoms with E-state index in [1.165, 1.54) is 5.56 Å². The van der Waals surface area contributed by atoms with Gasteiger partial charge in [-0.25, -0.2) is 4.39 Å². The standard InChI is InChI=1S/C13H18FN/c1-13(2,3)15-7-6-10-4-5-12(14)8-11(10)9-15/h4-5,8H,6-7,9H2,1-3H3. The summed E-state index contributed by atoms with van der Waals surface area (Å²) < 4.78 is 13.1. The molecule has 0 aromatic heterocycles. The van der Waals surface area contributed by atoms with E-state index in [9.17, 15) is 4.39 Å². The Labute approximate surface area is 90.9 Å². The molecular formula is C13H18FN. The van der Waals surface area contributed by atoms with Gasteiger partial charge in [-0.05, 0) is 50.5 Å². The molecule has 0 saturated carbocycles. The number of halogens is 1. The molecule has 0 amide bonds. The van der Waals surface area contributed by atoms with Gasteiger partial charge in [-0.2, -0.15) is 0 Å². The van der Waals surface area contributed by atoms with Crippen molar-refractivity contribution in [3.05, 3.63) is 35.1 Å². The average Bonchev–Trinajstić information content (AvgIpc) is 2.15. The zero-order chi connectivity index (χ0) is 11.1. The number of hydrogen-bond acceptors (Lipinski definition) is 1. The smallest absolute Gasteiger partial charge is 0.123 e. The summed E-state index contributed by atoms with van der Waals surface area (Å²) in [6.07, 6.45) is 1.03. The number of nitrogens with zero attached hydrogens (tertiary/aromatic N) is 1. The largest absolute Gasteiger partial charge is 0.294 e. The van der Waals surface area contributed by atoms with Gasteiger partial charge in [0.2, 0.25) is 0 Å². The molecule has 0 aliphatic carbocycles. The van der Waals surface area contributed by atoms with Crippen LogP contribution in [0.25, 0.3) is 0 Å². The van der Waals surface area contributed by atoms with Crippen LogP contribution in [0.1, 0.15) is 31.9 Å². The maximum atomic E-state index is 13.1. The molecular weight excluding hydrogens is 189 g/mol. The maximum absolute atomic E-state index is 13.1. The molecule has 1 aliphatic rings. The Hall–Kier alpha value is -0.890. The van der Waals surface area contributed by atoms with Crippen LogP contribution in [-0.4, -0.2) is 17.0 Å². The molecule has 2 heteroatoms. The summed E-state index contributed by atoms with van der Waals surface area (Å²) in [4.78, 5) is 2.40. The Balaban J connectivity index is 2.26. The quantitative estimate of drug-likeness (QED) is 0.632. The predicted molar refractivity (Wildman–Crippen MR) is 60.3 cm³/mol. The van der Waals surface area contributed by atoms with Gasteiger partial charge >= 0.3 is 0 Å². The third-order valence-corrected chi connectivity index (χ3v) is 3.13. The van der Waals surface area contributed by atoms with Crippen molar-refractivity contribution in [1.29, 1.82) is 0 Å². The molecule has 15 heavy (non-hydrogen) atoms. The van der Waals surface area contributed by atoms with Crippen molar-refractivity contribution >= 4 is 0 Å². The fourth-order valence-corrected chi connectivity index (χ4v) is 2.10. The van der Waals surface area contributed by atoms with Crippen LogP contribution in [0.3, 0.4) is 0 Å². The lowest BCUT2D eigenvalue weighted by Crippen LogP contribution is -2.44. The predicted octanol–water partition coefficient (Wildman–Crippen LogP) is 2.98. The molecule has 0 spiro atoms. The van der Waals surface area contributed by atoms with E-state index in [0.717, 1.165) is 25.1 Å². The SMILES string of the molecule is CC(C)(C)N1CCc2ccc(F)cc2C1. The van der Waals surface area contributed by atoms with Crippen molar-refractivity contribution in [2.24, 2.45) is 0 Å². The van der Waals surface area contributed by atoms with Crippen LogP contribution in [-0.2, 0) is 13.0 Å². The molecule has 1 aromatic carbocycles. The summed E-state index contributed by atoms with van der Waals surface area (Å²) in [5.74, 6) is -0.121. The third-order valence-electron chi connectivity index (χ3n) is 3.13. The first-order valence-electron chi connectivity index (χ1n) is 5.49. The summed E-state index contributed by atoms with van der Waals surface area (Å²) in [7, 11) is 0. The van der Waals surface area contributed by atoms with E-state index in [4.69, 9.17) is 0 Å². The van der Waals surface area contributed by atoms with Crippen molar-refractivity contribution in [2.75, 3.05) is 6.54 Å².